The van der Waals surface area contributed by atoms with Crippen LogP contribution < -0.4 is 5.32 Å². The number of aliphatic hydroxyl groups excluding tert-OH is 3. The van der Waals surface area contributed by atoms with Gasteiger partial charge in [0.1, 0.15) is 31.0 Å². The maximum Gasteiger partial charge on any atom is 0.408 e. The third-order valence-corrected chi connectivity index (χ3v) is 7.74. The first-order valence-electron chi connectivity index (χ1n) is 15.4. The second-order valence-electron chi connectivity index (χ2n) is 11.1. The van der Waals surface area contributed by atoms with E-state index in [9.17, 15) is 24.9 Å². The summed E-state index contributed by atoms with van der Waals surface area (Å²) in [5, 5.41) is 35.1. The second kappa shape index (κ2) is 17.1. The lowest BCUT2D eigenvalue weighted by Crippen LogP contribution is -2.61. The normalized spacial score (nSPS) is 22.4. The van der Waals surface area contributed by atoms with Gasteiger partial charge < -0.3 is 44.6 Å². The van der Waals surface area contributed by atoms with Gasteiger partial charge in [0.05, 0.1) is 6.61 Å². The van der Waals surface area contributed by atoms with Crippen LogP contribution in [0.4, 0.5) is 4.79 Å². The number of esters is 1. The van der Waals surface area contributed by atoms with Crippen LogP contribution >= 0.6 is 0 Å². The molecule has 1 saturated heterocycles. The summed E-state index contributed by atoms with van der Waals surface area (Å²) < 4.78 is 22.3. The zero-order valence-electron chi connectivity index (χ0n) is 25.1. The fourth-order valence-electron chi connectivity index (χ4n) is 5.25. The molecular weight excluding hydrogens is 568 g/mol. The summed E-state index contributed by atoms with van der Waals surface area (Å²) in [6.45, 7) is 1.86. The van der Waals surface area contributed by atoms with Crippen molar-refractivity contribution in [2.45, 2.75) is 95.2 Å². The van der Waals surface area contributed by atoms with E-state index in [1.165, 1.54) is 6.42 Å². The third kappa shape index (κ3) is 9.26. The van der Waals surface area contributed by atoms with Gasteiger partial charge in [-0.3, -0.25) is 0 Å². The molecule has 2 heterocycles. The Morgan fingerprint density at radius 2 is 1.70 bits per heavy atom. The van der Waals surface area contributed by atoms with Gasteiger partial charge in [0, 0.05) is 30.1 Å². The number of carbonyl (C=O) groups is 2. The lowest BCUT2D eigenvalue weighted by atomic mass is 9.98. The van der Waals surface area contributed by atoms with Crippen LogP contribution in [0.3, 0.4) is 0 Å². The van der Waals surface area contributed by atoms with Gasteiger partial charge in [-0.25, -0.2) is 9.59 Å². The second-order valence-corrected chi connectivity index (χ2v) is 11.1. The van der Waals surface area contributed by atoms with Gasteiger partial charge in [0.15, 0.2) is 12.4 Å². The van der Waals surface area contributed by atoms with E-state index in [0.29, 0.717) is 6.61 Å². The number of rotatable bonds is 16. The van der Waals surface area contributed by atoms with Crippen molar-refractivity contribution in [3.63, 3.8) is 0 Å². The number of para-hydroxylation sites is 1. The number of hydrogen-bond donors (Lipinski definition) is 5. The van der Waals surface area contributed by atoms with Crippen molar-refractivity contribution in [3.05, 3.63) is 71.9 Å². The fraction of sp³-hybridized carbons (Fsp3) is 0.515. The number of aliphatic hydroxyl groups is 3. The van der Waals surface area contributed by atoms with Gasteiger partial charge in [0.25, 0.3) is 0 Å². The molecule has 0 bridgehead atoms. The molecule has 0 aliphatic carbocycles. The molecule has 3 aromatic rings. The topological polar surface area (TPSA) is 160 Å². The smallest absolute Gasteiger partial charge is 0.408 e. The van der Waals surface area contributed by atoms with Gasteiger partial charge in [-0.1, -0.05) is 87.6 Å². The Labute approximate surface area is 257 Å². The number of nitrogens with one attached hydrogen (secondary N) is 2. The van der Waals surface area contributed by atoms with Crippen molar-refractivity contribution in [1.82, 2.24) is 10.3 Å². The molecule has 0 saturated carbocycles. The summed E-state index contributed by atoms with van der Waals surface area (Å²) in [7, 11) is 0. The van der Waals surface area contributed by atoms with E-state index in [1.807, 2.05) is 42.5 Å². The number of alkyl carbamates (subject to hydrolysis) is 1. The molecule has 0 unspecified atom stereocenters. The minimum Gasteiger partial charge on any atom is -0.455 e. The number of benzene rings is 2. The first-order valence-corrected chi connectivity index (χ1v) is 15.4. The van der Waals surface area contributed by atoms with E-state index in [2.05, 4.69) is 17.2 Å². The van der Waals surface area contributed by atoms with Gasteiger partial charge in [-0.15, -0.1) is 0 Å². The molecular formula is C33H44N2O9. The van der Waals surface area contributed by atoms with Gasteiger partial charge in [-0.2, -0.15) is 0 Å². The van der Waals surface area contributed by atoms with Crippen molar-refractivity contribution in [3.8, 4) is 0 Å². The number of ether oxygens (including phenoxy) is 4. The molecule has 11 nitrogen and oxygen atoms in total. The standard InChI is InChI=1S/C33H44N2O9/c1-2-3-4-5-6-12-17-41-32-29(38)28(37)30(27(20-36)43-32)44-31(39)26(18-23-19-34-25-16-11-10-15-24(23)25)35-33(40)42-21-22-13-8-7-9-14-22/h7-11,13-16,19,26-30,32,34,36-38H,2-6,12,17-18,20-21H2,1H3,(H,35,40)/t26-,27+,28+,29+,30+,32+/m0/s1. The highest BCUT2D eigenvalue weighted by atomic mass is 16.7. The number of carbonyl (C=O) groups excluding carboxylic acids is 2. The average molecular weight is 613 g/mol. The van der Waals surface area contributed by atoms with E-state index in [1.54, 1.807) is 18.3 Å². The summed E-state index contributed by atoms with van der Waals surface area (Å²) in [5.41, 5.74) is 2.37. The molecule has 4 rings (SSSR count). The lowest BCUT2D eigenvalue weighted by molar-refractivity contribution is -0.303. The van der Waals surface area contributed by atoms with Crippen molar-refractivity contribution in [1.29, 1.82) is 0 Å². The Balaban J connectivity index is 1.40. The van der Waals surface area contributed by atoms with Crippen LogP contribution in [-0.4, -0.2) is 82.3 Å². The maximum absolute atomic E-state index is 13.5. The number of H-pyrrole nitrogens is 1. The predicted octanol–water partition coefficient (Wildman–Crippen LogP) is 3.73. The Hall–Kier alpha value is -3.48. The lowest BCUT2D eigenvalue weighted by Gasteiger charge is -2.41. The summed E-state index contributed by atoms with van der Waals surface area (Å²) in [5.74, 6) is -0.892. The number of aromatic amines is 1. The van der Waals surface area contributed by atoms with Crippen molar-refractivity contribution in [2.75, 3.05) is 13.2 Å². The molecule has 11 heteroatoms. The molecule has 1 aliphatic heterocycles. The molecule has 0 spiro atoms. The Bertz CT molecular complexity index is 1300. The van der Waals surface area contributed by atoms with Crippen molar-refractivity contribution < 1.29 is 43.9 Å². The zero-order valence-corrected chi connectivity index (χ0v) is 25.1. The van der Waals surface area contributed by atoms with Gasteiger partial charge in [0.2, 0.25) is 0 Å². The van der Waals surface area contributed by atoms with Crippen LogP contribution in [0.2, 0.25) is 0 Å². The number of fused-ring (bicyclic) bond motifs is 1. The highest BCUT2D eigenvalue weighted by Gasteiger charge is 2.47. The molecule has 1 amide bonds. The van der Waals surface area contributed by atoms with Crippen molar-refractivity contribution >= 4 is 23.0 Å². The van der Waals surface area contributed by atoms with Crippen LogP contribution in [0.5, 0.6) is 0 Å². The molecule has 1 fully saturated rings. The van der Waals surface area contributed by atoms with E-state index in [-0.39, 0.29) is 13.0 Å². The highest BCUT2D eigenvalue weighted by molar-refractivity contribution is 5.86. The number of hydrogen-bond acceptors (Lipinski definition) is 9. The largest absolute Gasteiger partial charge is 0.455 e. The predicted molar refractivity (Wildman–Crippen MR) is 163 cm³/mol. The van der Waals surface area contributed by atoms with Crippen LogP contribution in [-0.2, 0) is 36.8 Å². The SMILES string of the molecule is CCCCCCCCO[C@@H]1O[C@H](CO)[C@@H](OC(=O)[C@H](Cc2c[nH]c3ccccc23)NC(=O)OCc2ccccc2)[C@H](O)[C@H]1O. The van der Waals surface area contributed by atoms with Crippen molar-refractivity contribution in [2.24, 2.45) is 0 Å². The number of unbranched alkanes of at least 4 members (excludes halogenated alkanes) is 5. The van der Waals surface area contributed by atoms with Crippen LogP contribution in [0, 0.1) is 0 Å². The van der Waals surface area contributed by atoms with E-state index >= 15 is 0 Å². The maximum atomic E-state index is 13.5. The first kappa shape index (κ1) is 33.4. The van der Waals surface area contributed by atoms with Crippen LogP contribution in [0.15, 0.2) is 60.8 Å². The monoisotopic (exact) mass is 612 g/mol. The minimum atomic E-state index is -1.60. The molecule has 5 N–H and O–H groups in total. The van der Waals surface area contributed by atoms with Gasteiger partial charge in [-0.05, 0) is 23.6 Å². The quantitative estimate of drug-likeness (QED) is 0.120. The summed E-state index contributed by atoms with van der Waals surface area (Å²) in [6.07, 6.45) is 0.362. The molecule has 240 valence electrons. The van der Waals surface area contributed by atoms with Crippen LogP contribution in [0.1, 0.15) is 56.6 Å². The van der Waals surface area contributed by atoms with Crippen LogP contribution in [0.25, 0.3) is 10.9 Å². The molecule has 44 heavy (non-hydrogen) atoms. The Morgan fingerprint density at radius 3 is 2.48 bits per heavy atom. The molecule has 1 aliphatic rings. The zero-order chi connectivity index (χ0) is 31.3. The Morgan fingerprint density at radius 1 is 0.977 bits per heavy atom. The summed E-state index contributed by atoms with van der Waals surface area (Å²) >= 11 is 0. The first-order chi connectivity index (χ1) is 21.4. The van der Waals surface area contributed by atoms with E-state index < -0.39 is 55.4 Å². The summed E-state index contributed by atoms with van der Waals surface area (Å²) in [4.78, 5) is 29.5. The third-order valence-electron chi connectivity index (χ3n) is 7.74. The van der Waals surface area contributed by atoms with Gasteiger partial charge >= 0.3 is 12.1 Å². The molecule has 2 aromatic carbocycles. The minimum absolute atomic E-state index is 0.00435. The highest BCUT2D eigenvalue weighted by Crippen LogP contribution is 2.26. The number of amides is 1. The Kier molecular flexibility index (Phi) is 13.0. The fourth-order valence-corrected chi connectivity index (χ4v) is 5.25. The summed E-state index contributed by atoms with van der Waals surface area (Å²) in [6, 6.07) is 15.4. The van der Waals surface area contributed by atoms with E-state index in [4.69, 9.17) is 18.9 Å². The molecule has 0 radical (unpaired) electrons. The van der Waals surface area contributed by atoms with E-state index in [0.717, 1.165) is 54.1 Å². The average Bonchev–Trinajstić information content (AvgIpc) is 3.45. The molecule has 6 atom stereocenters. The molecule has 1 aromatic heterocycles. The number of aromatic nitrogens is 1.